The van der Waals surface area contributed by atoms with E-state index < -0.39 is 29.9 Å². The summed E-state index contributed by atoms with van der Waals surface area (Å²) < 4.78 is 11.4. The topological polar surface area (TPSA) is 172 Å². The molecule has 0 aliphatic rings. The van der Waals surface area contributed by atoms with Crippen LogP contribution in [0.5, 0.6) is 11.5 Å². The first kappa shape index (κ1) is 32.9. The number of anilines is 1. The number of benzene rings is 4. The highest BCUT2D eigenvalue weighted by molar-refractivity contribution is 6.00. The minimum absolute atomic E-state index is 0.0826. The average Bonchev–Trinajstić information content (AvgIpc) is 3.72. The quantitative estimate of drug-likeness (QED) is 0.0931. The van der Waals surface area contributed by atoms with Crippen LogP contribution in [-0.4, -0.2) is 58.7 Å². The number of carboxylic acid groups (broad SMARTS) is 1. The number of aromatic nitrogens is 2. The van der Waals surface area contributed by atoms with Gasteiger partial charge < -0.3 is 40.9 Å². The monoisotopic (exact) mass is 659 g/mol. The highest BCUT2D eigenvalue weighted by Crippen LogP contribution is 2.28. The molecular formula is C38H37N5O6. The van der Waals surface area contributed by atoms with E-state index in [0.717, 1.165) is 38.5 Å². The molecule has 11 heteroatoms. The summed E-state index contributed by atoms with van der Waals surface area (Å²) in [4.78, 5) is 45.3. The van der Waals surface area contributed by atoms with Gasteiger partial charge >= 0.3 is 5.97 Å². The molecule has 2 aromatic heterocycles. The number of H-pyrrole nitrogens is 2. The first-order valence-electron chi connectivity index (χ1n) is 15.9. The smallest absolute Gasteiger partial charge is 0.326 e. The molecule has 7 N–H and O–H groups in total. The van der Waals surface area contributed by atoms with E-state index in [1.807, 2.05) is 66.9 Å². The highest BCUT2D eigenvalue weighted by Gasteiger charge is 2.24. The zero-order chi connectivity index (χ0) is 34.3. The van der Waals surface area contributed by atoms with Crippen molar-refractivity contribution in [3.05, 3.63) is 126 Å². The number of nitrogens with two attached hydrogens (primary N) is 1. The van der Waals surface area contributed by atoms with Crippen LogP contribution in [0.3, 0.4) is 0 Å². The Morgan fingerprint density at radius 2 is 1.49 bits per heavy atom. The van der Waals surface area contributed by atoms with Crippen LogP contribution in [0.15, 0.2) is 103 Å². The number of aromatic amines is 2. The van der Waals surface area contributed by atoms with E-state index in [2.05, 4.69) is 20.6 Å². The summed E-state index contributed by atoms with van der Waals surface area (Å²) in [7, 11) is 1.58. The molecular weight excluding hydrogens is 622 g/mol. The lowest BCUT2D eigenvalue weighted by molar-refractivity contribution is -0.139. The van der Waals surface area contributed by atoms with Gasteiger partial charge in [0, 0.05) is 52.6 Å². The van der Waals surface area contributed by atoms with Gasteiger partial charge in [0.15, 0.2) is 0 Å². The number of fused-ring (bicyclic) bond motifs is 2. The van der Waals surface area contributed by atoms with Crippen LogP contribution in [0.4, 0.5) is 5.69 Å². The normalized spacial score (nSPS) is 12.4. The number of amides is 2. The molecule has 2 atom stereocenters. The molecule has 6 aromatic rings. The molecule has 250 valence electrons. The number of para-hydroxylation sites is 2. The van der Waals surface area contributed by atoms with Crippen LogP contribution in [0.2, 0.25) is 0 Å². The van der Waals surface area contributed by atoms with E-state index in [0.29, 0.717) is 24.3 Å². The van der Waals surface area contributed by atoms with Crippen LogP contribution in [0.25, 0.3) is 21.8 Å². The van der Waals surface area contributed by atoms with Crippen LogP contribution in [0, 0.1) is 0 Å². The Labute approximate surface area is 282 Å². The fraction of sp³-hybridized carbons (Fsp3) is 0.184. The van der Waals surface area contributed by atoms with E-state index in [1.165, 1.54) is 12.1 Å². The lowest BCUT2D eigenvalue weighted by atomic mass is 10.0. The minimum atomic E-state index is -1.19. The molecule has 49 heavy (non-hydrogen) atoms. The van der Waals surface area contributed by atoms with Crippen LogP contribution in [-0.2, 0) is 28.9 Å². The zero-order valence-corrected chi connectivity index (χ0v) is 26.9. The Hall–Kier alpha value is -6.07. The number of nitrogens with one attached hydrogen (secondary N) is 4. The number of carboxylic acids is 1. The molecule has 11 nitrogen and oxygen atoms in total. The fourth-order valence-corrected chi connectivity index (χ4v) is 5.79. The number of aliphatic carboxylic acids is 1. The van der Waals surface area contributed by atoms with Crippen LogP contribution >= 0.6 is 0 Å². The lowest BCUT2D eigenvalue weighted by Gasteiger charge is -2.18. The molecule has 0 fully saturated rings. The Morgan fingerprint density at radius 1 is 0.837 bits per heavy atom. The van der Waals surface area contributed by atoms with Gasteiger partial charge in [-0.3, -0.25) is 9.59 Å². The van der Waals surface area contributed by atoms with Crippen molar-refractivity contribution in [1.29, 1.82) is 0 Å². The molecule has 2 amide bonds. The molecule has 2 heterocycles. The predicted octanol–water partition coefficient (Wildman–Crippen LogP) is 5.21. The molecule has 4 aromatic carbocycles. The largest absolute Gasteiger partial charge is 0.497 e. The SMILES string of the molecule is COc1ccc(C[C@H](N)C(=O)Nc2ccc(C(=O)N[C@@H](Cc3c[nH]c4ccccc34)C(=O)O)cc2OCCc2c[nH]c3ccccc23)cc1. The van der Waals surface area contributed by atoms with Crippen LogP contribution < -0.4 is 25.8 Å². The van der Waals surface area contributed by atoms with Gasteiger partial charge in [-0.15, -0.1) is 0 Å². The summed E-state index contributed by atoms with van der Waals surface area (Å²) in [6.45, 7) is 0.242. The van der Waals surface area contributed by atoms with E-state index in [1.54, 1.807) is 31.5 Å². The summed E-state index contributed by atoms with van der Waals surface area (Å²) in [5.41, 5.74) is 11.4. The fourth-order valence-electron chi connectivity index (χ4n) is 5.79. The number of carbonyl (C=O) groups is 3. The van der Waals surface area contributed by atoms with Gasteiger partial charge in [-0.2, -0.15) is 0 Å². The van der Waals surface area contributed by atoms with Crippen molar-refractivity contribution in [2.45, 2.75) is 31.3 Å². The van der Waals surface area contributed by atoms with Crippen molar-refractivity contribution < 1.29 is 29.0 Å². The first-order chi connectivity index (χ1) is 23.8. The second-order valence-electron chi connectivity index (χ2n) is 11.7. The van der Waals surface area contributed by atoms with Gasteiger partial charge in [-0.25, -0.2) is 4.79 Å². The van der Waals surface area contributed by atoms with Gasteiger partial charge in [0.1, 0.15) is 17.5 Å². The Balaban J connectivity index is 1.19. The summed E-state index contributed by atoms with van der Waals surface area (Å²) in [5, 5.41) is 17.4. The van der Waals surface area contributed by atoms with Crippen molar-refractivity contribution in [3.63, 3.8) is 0 Å². The summed E-state index contributed by atoms with van der Waals surface area (Å²) in [6, 6.07) is 25.3. The van der Waals surface area contributed by atoms with Gasteiger partial charge in [0.05, 0.1) is 25.4 Å². The Morgan fingerprint density at radius 3 is 2.16 bits per heavy atom. The van der Waals surface area contributed by atoms with Gasteiger partial charge in [-0.1, -0.05) is 48.5 Å². The van der Waals surface area contributed by atoms with Crippen molar-refractivity contribution in [3.8, 4) is 11.5 Å². The van der Waals surface area contributed by atoms with Crippen molar-refractivity contribution in [2.75, 3.05) is 19.0 Å². The van der Waals surface area contributed by atoms with E-state index >= 15 is 0 Å². The zero-order valence-electron chi connectivity index (χ0n) is 26.9. The maximum atomic E-state index is 13.4. The second-order valence-corrected chi connectivity index (χ2v) is 11.7. The number of hydrogen-bond acceptors (Lipinski definition) is 6. The van der Waals surface area contributed by atoms with Crippen molar-refractivity contribution in [1.82, 2.24) is 15.3 Å². The van der Waals surface area contributed by atoms with Crippen LogP contribution in [0.1, 0.15) is 27.0 Å². The highest BCUT2D eigenvalue weighted by atomic mass is 16.5. The number of hydrogen-bond donors (Lipinski definition) is 6. The number of methoxy groups -OCH3 is 1. The minimum Gasteiger partial charge on any atom is -0.497 e. The molecule has 0 spiro atoms. The molecule has 0 bridgehead atoms. The average molecular weight is 660 g/mol. The Bertz CT molecular complexity index is 2100. The third kappa shape index (κ3) is 7.74. The van der Waals surface area contributed by atoms with E-state index in [4.69, 9.17) is 15.2 Å². The van der Waals surface area contributed by atoms with Gasteiger partial charge in [-0.05, 0) is 65.6 Å². The molecule has 0 aliphatic carbocycles. The maximum absolute atomic E-state index is 13.4. The van der Waals surface area contributed by atoms with Crippen molar-refractivity contribution >= 4 is 45.3 Å². The molecule has 6 rings (SSSR count). The predicted molar refractivity (Wildman–Crippen MR) is 188 cm³/mol. The lowest BCUT2D eigenvalue weighted by Crippen LogP contribution is -2.42. The van der Waals surface area contributed by atoms with Gasteiger partial charge in [0.25, 0.3) is 5.91 Å². The third-order valence-electron chi connectivity index (χ3n) is 8.46. The molecule has 0 saturated heterocycles. The van der Waals surface area contributed by atoms with E-state index in [9.17, 15) is 19.5 Å². The summed E-state index contributed by atoms with van der Waals surface area (Å²) in [6.07, 6.45) is 4.61. The summed E-state index contributed by atoms with van der Waals surface area (Å²) in [5.74, 6) is -1.24. The number of carbonyl (C=O) groups excluding carboxylic acids is 2. The Kier molecular flexibility index (Phi) is 9.91. The number of rotatable bonds is 14. The molecule has 0 aliphatic heterocycles. The number of ether oxygens (including phenoxy) is 2. The molecule has 0 radical (unpaired) electrons. The standard InChI is InChI=1S/C38H37N5O6/c1-48-27-13-10-23(11-14-27)18-30(39)37(45)42-33-15-12-24(20-35(33)49-17-16-25-21-40-31-8-4-2-6-28(25)31)36(44)43-34(38(46)47)19-26-22-41-32-9-5-3-7-29(26)32/h2-15,20-22,30,34,40-41H,16-19,39H2,1H3,(H,42,45)(H,43,44)(H,46,47)/t30-,34-/m0/s1. The second kappa shape index (κ2) is 14.8. The van der Waals surface area contributed by atoms with Crippen molar-refractivity contribution in [2.24, 2.45) is 5.73 Å². The first-order valence-corrected chi connectivity index (χ1v) is 15.9. The van der Waals surface area contributed by atoms with Gasteiger partial charge in [0.2, 0.25) is 5.91 Å². The molecule has 0 saturated carbocycles. The third-order valence-corrected chi connectivity index (χ3v) is 8.46. The summed E-state index contributed by atoms with van der Waals surface area (Å²) >= 11 is 0. The maximum Gasteiger partial charge on any atom is 0.326 e. The molecule has 0 unspecified atom stereocenters. The van der Waals surface area contributed by atoms with E-state index in [-0.39, 0.29) is 24.3 Å².